The molecule has 1 unspecified atom stereocenters. The Hall–Kier alpha value is -2.21. The molecule has 2 aromatic rings. The van der Waals surface area contributed by atoms with Gasteiger partial charge >= 0.3 is 0 Å². The average Bonchev–Trinajstić information content (AvgIpc) is 3.27. The fourth-order valence-electron chi connectivity index (χ4n) is 3.27. The summed E-state index contributed by atoms with van der Waals surface area (Å²) in [6, 6.07) is 8.18. The van der Waals surface area contributed by atoms with Crippen LogP contribution in [0, 0.1) is 5.41 Å². The van der Waals surface area contributed by atoms with Gasteiger partial charge in [-0.25, -0.2) is 0 Å². The number of nitrogens with two attached hydrogens (primary N) is 1. The van der Waals surface area contributed by atoms with Gasteiger partial charge in [0.1, 0.15) is 0 Å². The third-order valence-corrected chi connectivity index (χ3v) is 5.26. The summed E-state index contributed by atoms with van der Waals surface area (Å²) in [6.45, 7) is 8.59. The summed E-state index contributed by atoms with van der Waals surface area (Å²) in [5.74, 6) is 1.69. The highest BCUT2D eigenvalue weighted by Gasteiger charge is 2.34. The van der Waals surface area contributed by atoms with Gasteiger partial charge in [-0.15, -0.1) is 0 Å². The second kappa shape index (κ2) is 7.58. The van der Waals surface area contributed by atoms with E-state index in [9.17, 15) is 4.79 Å². The number of aromatic nitrogens is 2. The van der Waals surface area contributed by atoms with E-state index in [2.05, 4.69) is 43.0 Å². The van der Waals surface area contributed by atoms with Crippen molar-refractivity contribution < 1.29 is 9.32 Å². The van der Waals surface area contributed by atoms with E-state index in [0.29, 0.717) is 37.0 Å². The molecule has 6 nitrogen and oxygen atoms in total. The summed E-state index contributed by atoms with van der Waals surface area (Å²) >= 11 is 0. The number of benzene rings is 1. The van der Waals surface area contributed by atoms with E-state index in [1.165, 1.54) is 5.56 Å². The Morgan fingerprint density at radius 3 is 2.69 bits per heavy atom. The number of nitrogens with zero attached hydrogens (tertiary/aromatic N) is 3. The van der Waals surface area contributed by atoms with Gasteiger partial charge in [-0.2, -0.15) is 4.98 Å². The molecule has 1 amide bonds. The van der Waals surface area contributed by atoms with Gasteiger partial charge in [0.2, 0.25) is 17.6 Å². The number of hydrogen-bond acceptors (Lipinski definition) is 5. The van der Waals surface area contributed by atoms with Crippen molar-refractivity contribution in [1.82, 2.24) is 15.0 Å². The molecule has 2 heterocycles. The van der Waals surface area contributed by atoms with E-state index in [4.69, 9.17) is 10.3 Å². The minimum absolute atomic E-state index is 0.0511. The highest BCUT2D eigenvalue weighted by atomic mass is 16.5. The summed E-state index contributed by atoms with van der Waals surface area (Å²) in [5, 5.41) is 4.05. The SMILES string of the molecule is CC(C)c1ccc(-c2noc(CCC(=O)N3CCC(C)(CN)C3)n2)cc1. The Balaban J connectivity index is 1.56. The lowest BCUT2D eigenvalue weighted by molar-refractivity contribution is -0.130. The van der Waals surface area contributed by atoms with Crippen molar-refractivity contribution in [2.24, 2.45) is 11.1 Å². The van der Waals surface area contributed by atoms with Gasteiger partial charge in [0, 0.05) is 31.5 Å². The van der Waals surface area contributed by atoms with Crippen molar-refractivity contribution in [2.45, 2.75) is 46.0 Å². The Morgan fingerprint density at radius 2 is 2.08 bits per heavy atom. The van der Waals surface area contributed by atoms with Crippen LogP contribution >= 0.6 is 0 Å². The third kappa shape index (κ3) is 4.12. The van der Waals surface area contributed by atoms with Crippen LogP contribution < -0.4 is 5.73 Å². The van der Waals surface area contributed by atoms with Gasteiger partial charge < -0.3 is 15.2 Å². The fraction of sp³-hybridized carbons (Fsp3) is 0.550. The van der Waals surface area contributed by atoms with Gasteiger partial charge in [0.05, 0.1) is 0 Å². The van der Waals surface area contributed by atoms with E-state index >= 15 is 0 Å². The van der Waals surface area contributed by atoms with Crippen LogP contribution in [0.3, 0.4) is 0 Å². The molecule has 0 aliphatic carbocycles. The lowest BCUT2D eigenvalue weighted by Gasteiger charge is -2.22. The minimum atomic E-state index is 0.0511. The predicted molar refractivity (Wildman–Crippen MR) is 101 cm³/mol. The zero-order valence-electron chi connectivity index (χ0n) is 15.9. The van der Waals surface area contributed by atoms with Crippen molar-refractivity contribution in [2.75, 3.05) is 19.6 Å². The van der Waals surface area contributed by atoms with Gasteiger partial charge in [-0.1, -0.05) is 50.2 Å². The molecule has 1 atom stereocenters. The molecular formula is C20H28N4O2. The van der Waals surface area contributed by atoms with E-state index in [0.717, 1.165) is 25.1 Å². The number of hydrogen-bond donors (Lipinski definition) is 1. The van der Waals surface area contributed by atoms with Crippen LogP contribution in [-0.4, -0.2) is 40.6 Å². The molecule has 1 aliphatic rings. The Labute approximate surface area is 154 Å². The molecule has 0 saturated carbocycles. The molecule has 26 heavy (non-hydrogen) atoms. The molecule has 1 saturated heterocycles. The first-order valence-electron chi connectivity index (χ1n) is 9.31. The number of amides is 1. The molecule has 1 fully saturated rings. The Kier molecular flexibility index (Phi) is 5.41. The van der Waals surface area contributed by atoms with Crippen molar-refractivity contribution in [3.8, 4) is 11.4 Å². The Morgan fingerprint density at radius 1 is 1.35 bits per heavy atom. The maximum absolute atomic E-state index is 12.4. The van der Waals surface area contributed by atoms with E-state index in [-0.39, 0.29) is 11.3 Å². The monoisotopic (exact) mass is 356 g/mol. The molecule has 6 heteroatoms. The summed E-state index contributed by atoms with van der Waals surface area (Å²) in [6.07, 6.45) is 1.81. The summed E-state index contributed by atoms with van der Waals surface area (Å²) in [5.41, 5.74) is 8.06. The second-order valence-corrected chi connectivity index (χ2v) is 7.87. The first kappa shape index (κ1) is 18.6. The third-order valence-electron chi connectivity index (χ3n) is 5.26. The van der Waals surface area contributed by atoms with Crippen molar-refractivity contribution >= 4 is 5.91 Å². The first-order chi connectivity index (χ1) is 12.4. The summed E-state index contributed by atoms with van der Waals surface area (Å²) in [7, 11) is 0. The lowest BCUT2D eigenvalue weighted by Crippen LogP contribution is -2.34. The van der Waals surface area contributed by atoms with Crippen LogP contribution in [0.5, 0.6) is 0 Å². The van der Waals surface area contributed by atoms with Gasteiger partial charge in [0.25, 0.3) is 0 Å². The number of rotatable bonds is 6. The van der Waals surface area contributed by atoms with Crippen LogP contribution in [0.4, 0.5) is 0 Å². The largest absolute Gasteiger partial charge is 0.342 e. The van der Waals surface area contributed by atoms with E-state index in [1.54, 1.807) is 0 Å². The normalized spacial score (nSPS) is 20.1. The van der Waals surface area contributed by atoms with Crippen LogP contribution in [0.15, 0.2) is 28.8 Å². The predicted octanol–water partition coefficient (Wildman–Crippen LogP) is 2.99. The standard InChI is InChI=1S/C20H28N4O2/c1-14(2)15-4-6-16(7-5-15)19-22-17(26-23-19)8-9-18(25)24-11-10-20(3,12-21)13-24/h4-7,14H,8-13,21H2,1-3H3. The molecule has 140 valence electrons. The zero-order valence-corrected chi connectivity index (χ0v) is 15.9. The zero-order chi connectivity index (χ0) is 18.7. The lowest BCUT2D eigenvalue weighted by atomic mass is 9.90. The van der Waals surface area contributed by atoms with Gasteiger partial charge in [0.15, 0.2) is 0 Å². The maximum atomic E-state index is 12.4. The van der Waals surface area contributed by atoms with Gasteiger partial charge in [-0.3, -0.25) is 4.79 Å². The van der Waals surface area contributed by atoms with Gasteiger partial charge in [-0.05, 0) is 29.9 Å². The molecular weight excluding hydrogens is 328 g/mol. The number of likely N-dealkylation sites (tertiary alicyclic amines) is 1. The first-order valence-corrected chi connectivity index (χ1v) is 9.31. The van der Waals surface area contributed by atoms with Crippen molar-refractivity contribution in [3.05, 3.63) is 35.7 Å². The molecule has 1 aromatic heterocycles. The van der Waals surface area contributed by atoms with Crippen LogP contribution in [-0.2, 0) is 11.2 Å². The molecule has 0 bridgehead atoms. The molecule has 2 N–H and O–H groups in total. The summed E-state index contributed by atoms with van der Waals surface area (Å²) < 4.78 is 5.32. The van der Waals surface area contributed by atoms with Crippen molar-refractivity contribution in [1.29, 1.82) is 0 Å². The van der Waals surface area contributed by atoms with Crippen LogP contribution in [0.2, 0.25) is 0 Å². The second-order valence-electron chi connectivity index (χ2n) is 7.87. The highest BCUT2D eigenvalue weighted by molar-refractivity contribution is 5.76. The molecule has 0 spiro atoms. The fourth-order valence-corrected chi connectivity index (χ4v) is 3.27. The van der Waals surface area contributed by atoms with E-state index in [1.807, 2.05) is 17.0 Å². The molecule has 0 radical (unpaired) electrons. The number of aryl methyl sites for hydroxylation is 1. The molecule has 1 aliphatic heterocycles. The maximum Gasteiger partial charge on any atom is 0.227 e. The Bertz CT molecular complexity index is 753. The number of carbonyl (C=O) groups is 1. The smallest absolute Gasteiger partial charge is 0.227 e. The van der Waals surface area contributed by atoms with Crippen LogP contribution in [0.25, 0.3) is 11.4 Å². The van der Waals surface area contributed by atoms with Crippen molar-refractivity contribution in [3.63, 3.8) is 0 Å². The highest BCUT2D eigenvalue weighted by Crippen LogP contribution is 2.29. The minimum Gasteiger partial charge on any atom is -0.342 e. The van der Waals surface area contributed by atoms with E-state index < -0.39 is 0 Å². The number of carbonyl (C=O) groups excluding carboxylic acids is 1. The quantitative estimate of drug-likeness (QED) is 0.860. The molecule has 1 aromatic carbocycles. The molecule has 3 rings (SSSR count). The topological polar surface area (TPSA) is 85.2 Å². The van der Waals surface area contributed by atoms with Crippen LogP contribution in [0.1, 0.15) is 51.0 Å². The summed E-state index contributed by atoms with van der Waals surface area (Å²) in [4.78, 5) is 18.7. The average molecular weight is 356 g/mol.